The third-order valence-corrected chi connectivity index (χ3v) is 2.48. The number of cyclic esters (lactones) is 2. The molecule has 1 saturated heterocycles. The van der Waals surface area contributed by atoms with Crippen molar-refractivity contribution in [3.8, 4) is 0 Å². The number of hydrogen-bond acceptors (Lipinski definition) is 3. The standard InChI is InChI=1S/C11H11NO3/c1-8(9-5-3-2-4-6-9)12-7-10(13)15-11(12)14/h2-6,8H,7H2,1H3/t8-/m0/s1. The van der Waals surface area contributed by atoms with Crippen LogP contribution in [0, 0.1) is 0 Å². The van der Waals surface area contributed by atoms with Crippen LogP contribution in [0.1, 0.15) is 18.5 Å². The lowest BCUT2D eigenvalue weighted by molar-refractivity contribution is -0.132. The van der Waals surface area contributed by atoms with Crippen molar-refractivity contribution in [1.82, 2.24) is 4.90 Å². The van der Waals surface area contributed by atoms with Gasteiger partial charge in [-0.25, -0.2) is 9.59 Å². The average molecular weight is 205 g/mol. The third kappa shape index (κ3) is 1.83. The molecular weight excluding hydrogens is 194 g/mol. The fourth-order valence-electron chi connectivity index (χ4n) is 1.60. The quantitative estimate of drug-likeness (QED) is 0.545. The molecule has 0 saturated carbocycles. The Kier molecular flexibility index (Phi) is 2.41. The molecule has 1 aliphatic heterocycles. The average Bonchev–Trinajstić information content (AvgIpc) is 2.58. The van der Waals surface area contributed by atoms with Gasteiger partial charge in [0.15, 0.2) is 0 Å². The van der Waals surface area contributed by atoms with E-state index in [4.69, 9.17) is 0 Å². The molecule has 4 nitrogen and oxygen atoms in total. The molecule has 15 heavy (non-hydrogen) atoms. The summed E-state index contributed by atoms with van der Waals surface area (Å²) in [6.45, 7) is 1.91. The van der Waals surface area contributed by atoms with E-state index in [9.17, 15) is 9.59 Å². The molecule has 1 atom stereocenters. The van der Waals surface area contributed by atoms with E-state index in [1.165, 1.54) is 4.90 Å². The van der Waals surface area contributed by atoms with Gasteiger partial charge in [-0.1, -0.05) is 30.3 Å². The zero-order valence-electron chi connectivity index (χ0n) is 8.34. The topological polar surface area (TPSA) is 46.6 Å². The number of benzene rings is 1. The number of hydrogen-bond donors (Lipinski definition) is 0. The highest BCUT2D eigenvalue weighted by molar-refractivity contribution is 5.93. The van der Waals surface area contributed by atoms with Crippen molar-refractivity contribution in [2.45, 2.75) is 13.0 Å². The van der Waals surface area contributed by atoms with Crippen molar-refractivity contribution < 1.29 is 14.3 Å². The highest BCUT2D eigenvalue weighted by atomic mass is 16.6. The molecule has 1 fully saturated rings. The monoisotopic (exact) mass is 205 g/mol. The van der Waals surface area contributed by atoms with E-state index < -0.39 is 12.1 Å². The molecule has 0 aliphatic carbocycles. The molecule has 0 N–H and O–H groups in total. The van der Waals surface area contributed by atoms with Gasteiger partial charge in [-0.3, -0.25) is 4.90 Å². The van der Waals surface area contributed by atoms with Crippen molar-refractivity contribution in [3.63, 3.8) is 0 Å². The Bertz CT molecular complexity index is 388. The van der Waals surface area contributed by atoms with Crippen LogP contribution in [0.2, 0.25) is 0 Å². The van der Waals surface area contributed by atoms with Gasteiger partial charge in [0.2, 0.25) is 0 Å². The lowest BCUT2D eigenvalue weighted by Gasteiger charge is -2.20. The Labute approximate surface area is 87.4 Å². The molecule has 4 heteroatoms. The SMILES string of the molecule is C[C@@H](c1ccccc1)N1CC(=O)OC1=O. The first-order valence-electron chi connectivity index (χ1n) is 4.74. The molecule has 0 aromatic heterocycles. The molecule has 0 radical (unpaired) electrons. The van der Waals surface area contributed by atoms with Gasteiger partial charge < -0.3 is 4.74 Å². The molecule has 0 bridgehead atoms. The van der Waals surface area contributed by atoms with Gasteiger partial charge >= 0.3 is 12.1 Å². The van der Waals surface area contributed by atoms with Crippen LogP contribution in [0.3, 0.4) is 0 Å². The summed E-state index contributed by atoms with van der Waals surface area (Å²) in [6.07, 6.45) is -0.559. The summed E-state index contributed by atoms with van der Waals surface area (Å²) < 4.78 is 4.46. The second kappa shape index (κ2) is 3.73. The normalized spacial score (nSPS) is 17.8. The minimum Gasteiger partial charge on any atom is -0.375 e. The maximum Gasteiger partial charge on any atom is 0.418 e. The summed E-state index contributed by atoms with van der Waals surface area (Å²) in [4.78, 5) is 23.6. The maximum absolute atomic E-state index is 11.3. The summed E-state index contributed by atoms with van der Waals surface area (Å²) >= 11 is 0. The number of ether oxygens (including phenoxy) is 1. The second-order valence-corrected chi connectivity index (χ2v) is 3.45. The van der Waals surface area contributed by atoms with Crippen LogP contribution in [-0.4, -0.2) is 23.5 Å². The summed E-state index contributed by atoms with van der Waals surface area (Å²) in [5.41, 5.74) is 0.990. The minimum absolute atomic E-state index is 0.0366. The maximum atomic E-state index is 11.3. The smallest absolute Gasteiger partial charge is 0.375 e. The van der Waals surface area contributed by atoms with E-state index in [1.807, 2.05) is 37.3 Å². The summed E-state index contributed by atoms with van der Waals surface area (Å²) in [6, 6.07) is 9.40. The van der Waals surface area contributed by atoms with Gasteiger partial charge in [-0.15, -0.1) is 0 Å². The zero-order valence-corrected chi connectivity index (χ0v) is 8.34. The van der Waals surface area contributed by atoms with Crippen LogP contribution in [0.15, 0.2) is 30.3 Å². The van der Waals surface area contributed by atoms with Crippen LogP contribution >= 0.6 is 0 Å². The molecule has 1 aromatic carbocycles. The predicted molar refractivity (Wildman–Crippen MR) is 53.1 cm³/mol. The number of nitrogens with zero attached hydrogens (tertiary/aromatic N) is 1. The van der Waals surface area contributed by atoms with Gasteiger partial charge in [-0.05, 0) is 12.5 Å². The molecule has 1 aromatic rings. The van der Waals surface area contributed by atoms with Crippen LogP contribution in [0.4, 0.5) is 4.79 Å². The van der Waals surface area contributed by atoms with Crippen LogP contribution < -0.4 is 0 Å². The van der Waals surface area contributed by atoms with Crippen molar-refractivity contribution in [1.29, 1.82) is 0 Å². The van der Waals surface area contributed by atoms with E-state index >= 15 is 0 Å². The van der Waals surface area contributed by atoms with Crippen molar-refractivity contribution in [3.05, 3.63) is 35.9 Å². The third-order valence-electron chi connectivity index (χ3n) is 2.48. The number of rotatable bonds is 2. The van der Waals surface area contributed by atoms with Crippen molar-refractivity contribution >= 4 is 12.1 Å². The molecule has 78 valence electrons. The van der Waals surface area contributed by atoms with Gasteiger partial charge in [0.25, 0.3) is 0 Å². The Balaban J connectivity index is 2.18. The van der Waals surface area contributed by atoms with Crippen molar-refractivity contribution in [2.24, 2.45) is 0 Å². The van der Waals surface area contributed by atoms with E-state index in [2.05, 4.69) is 4.74 Å². The Morgan fingerprint density at radius 2 is 1.93 bits per heavy atom. The van der Waals surface area contributed by atoms with Crippen molar-refractivity contribution in [2.75, 3.05) is 6.54 Å². The van der Waals surface area contributed by atoms with Gasteiger partial charge in [0, 0.05) is 0 Å². The summed E-state index contributed by atoms with van der Waals surface area (Å²) in [5.74, 6) is -0.484. The Morgan fingerprint density at radius 1 is 1.27 bits per heavy atom. The molecule has 1 amide bonds. The van der Waals surface area contributed by atoms with Gasteiger partial charge in [-0.2, -0.15) is 0 Å². The largest absolute Gasteiger partial charge is 0.418 e. The van der Waals surface area contributed by atoms with Crippen LogP contribution in [0.25, 0.3) is 0 Å². The van der Waals surface area contributed by atoms with E-state index in [-0.39, 0.29) is 12.6 Å². The fourth-order valence-corrected chi connectivity index (χ4v) is 1.60. The van der Waals surface area contributed by atoms with E-state index in [0.717, 1.165) is 5.56 Å². The number of carbonyl (C=O) groups is 2. The lowest BCUT2D eigenvalue weighted by Crippen LogP contribution is -2.27. The Hall–Kier alpha value is -1.84. The Morgan fingerprint density at radius 3 is 2.47 bits per heavy atom. The summed E-state index contributed by atoms with van der Waals surface area (Å²) in [5, 5.41) is 0. The molecule has 1 aliphatic rings. The molecule has 2 rings (SSSR count). The van der Waals surface area contributed by atoms with Gasteiger partial charge in [0.1, 0.15) is 6.54 Å². The highest BCUT2D eigenvalue weighted by Gasteiger charge is 2.33. The highest BCUT2D eigenvalue weighted by Crippen LogP contribution is 2.23. The zero-order chi connectivity index (χ0) is 10.8. The molecule has 0 unspecified atom stereocenters. The van der Waals surface area contributed by atoms with E-state index in [1.54, 1.807) is 0 Å². The first-order valence-corrected chi connectivity index (χ1v) is 4.74. The predicted octanol–water partition coefficient (Wildman–Crippen LogP) is 1.73. The minimum atomic E-state index is -0.559. The van der Waals surface area contributed by atoms with Gasteiger partial charge in [0.05, 0.1) is 6.04 Å². The molecular formula is C11H11NO3. The number of carbonyl (C=O) groups excluding carboxylic acids is 2. The van der Waals surface area contributed by atoms with Crippen LogP contribution in [-0.2, 0) is 9.53 Å². The summed E-state index contributed by atoms with van der Waals surface area (Å²) in [7, 11) is 0. The molecule has 1 heterocycles. The van der Waals surface area contributed by atoms with Crippen LogP contribution in [0.5, 0.6) is 0 Å². The lowest BCUT2D eigenvalue weighted by atomic mass is 10.1. The fraction of sp³-hybridized carbons (Fsp3) is 0.273. The second-order valence-electron chi connectivity index (χ2n) is 3.45. The van der Waals surface area contributed by atoms with E-state index in [0.29, 0.717) is 0 Å². The first-order chi connectivity index (χ1) is 7.18. The number of amides is 1. The first kappa shape index (κ1) is 9.71. The molecule has 0 spiro atoms. The number of esters is 1.